The van der Waals surface area contributed by atoms with Crippen molar-refractivity contribution in [1.29, 1.82) is 0 Å². The minimum absolute atomic E-state index is 0.871. The molecule has 0 bridgehead atoms. The molecule has 0 saturated carbocycles. The summed E-state index contributed by atoms with van der Waals surface area (Å²) in [6.07, 6.45) is -9.86. The minimum atomic E-state index is -7.90. The topological polar surface area (TPSA) is 21.6 Å². The number of hydrogen-bond acceptors (Lipinski definition) is 3. The van der Waals surface area contributed by atoms with Crippen LogP contribution in [0.1, 0.15) is 6.42 Å². The predicted molar refractivity (Wildman–Crippen MR) is 61.3 cm³/mol. The molecule has 0 unspecified atom stereocenters. The molecule has 2 nitrogen and oxygen atoms in total. The van der Waals surface area contributed by atoms with E-state index in [1.165, 1.54) is 0 Å². The maximum Gasteiger partial charge on any atom is 0.460 e. The van der Waals surface area contributed by atoms with Crippen molar-refractivity contribution in [2.45, 2.75) is 42.2 Å². The van der Waals surface area contributed by atoms with Crippen LogP contribution in [0.5, 0.6) is 0 Å². The van der Waals surface area contributed by atoms with Crippen LogP contribution in [-0.4, -0.2) is 54.3 Å². The van der Waals surface area contributed by atoms with E-state index in [2.05, 4.69) is 21.9 Å². The standard InChI is InChI=1S/C10H6F13NOS/c11-5(12,1-2-25-3-24-4-26)6(13,14)7(15,16)8(17,18)9(19,20)10(21,22)23/h1-3H2. The number of halogens is 13. The third kappa shape index (κ3) is 4.06. The maximum atomic E-state index is 13.2. The highest BCUT2D eigenvalue weighted by atomic mass is 32.1. The van der Waals surface area contributed by atoms with Gasteiger partial charge in [0.2, 0.25) is 0 Å². The molecular weight excluding hydrogens is 429 g/mol. The van der Waals surface area contributed by atoms with Crippen LogP contribution in [0, 0.1) is 0 Å². The molecule has 0 radical (unpaired) electrons. The van der Waals surface area contributed by atoms with Crippen molar-refractivity contribution in [3.05, 3.63) is 0 Å². The summed E-state index contributed by atoms with van der Waals surface area (Å²) >= 11 is 3.98. The molecule has 0 atom stereocenters. The Morgan fingerprint density at radius 2 is 1.12 bits per heavy atom. The van der Waals surface area contributed by atoms with Gasteiger partial charge in [-0.3, -0.25) is 0 Å². The van der Waals surface area contributed by atoms with E-state index in [-0.39, 0.29) is 0 Å². The molecule has 0 aromatic heterocycles. The van der Waals surface area contributed by atoms with Crippen LogP contribution in [0.4, 0.5) is 57.1 Å². The zero-order valence-corrected chi connectivity index (χ0v) is 12.6. The molecule has 154 valence electrons. The Morgan fingerprint density at radius 3 is 1.50 bits per heavy atom. The third-order valence-electron chi connectivity index (χ3n) is 2.78. The largest absolute Gasteiger partial charge is 0.460 e. The first-order valence-corrected chi connectivity index (χ1v) is 6.29. The molecule has 0 spiro atoms. The molecule has 0 saturated heterocycles. The van der Waals surface area contributed by atoms with E-state index in [0.29, 0.717) is 0 Å². The molecule has 0 N–H and O–H groups in total. The van der Waals surface area contributed by atoms with Crippen molar-refractivity contribution in [2.75, 3.05) is 13.3 Å². The molecular formula is C10H6F13NOS. The number of ether oxygens (including phenoxy) is 1. The van der Waals surface area contributed by atoms with Gasteiger partial charge in [-0.15, -0.1) is 0 Å². The molecule has 26 heavy (non-hydrogen) atoms. The zero-order valence-electron chi connectivity index (χ0n) is 11.8. The van der Waals surface area contributed by atoms with Crippen molar-refractivity contribution in [3.8, 4) is 0 Å². The second-order valence-corrected chi connectivity index (χ2v) is 4.72. The summed E-state index contributed by atoms with van der Waals surface area (Å²) in [5, 5.41) is 1.61. The summed E-state index contributed by atoms with van der Waals surface area (Å²) in [6, 6.07) is 0. The number of thiocarbonyl (C=S) groups is 1. The van der Waals surface area contributed by atoms with E-state index >= 15 is 0 Å². The number of isothiocyanates is 1. The molecule has 0 aromatic rings. The first kappa shape index (κ1) is 24.8. The summed E-state index contributed by atoms with van der Waals surface area (Å²) < 4.78 is 169. The predicted octanol–water partition coefficient (Wildman–Crippen LogP) is 5.19. The second-order valence-electron chi connectivity index (χ2n) is 4.54. The Morgan fingerprint density at radius 1 is 0.692 bits per heavy atom. The zero-order chi connectivity index (χ0) is 21.2. The summed E-state index contributed by atoms with van der Waals surface area (Å²) in [7, 11) is 0. The van der Waals surface area contributed by atoms with E-state index < -0.39 is 55.5 Å². The van der Waals surface area contributed by atoms with Crippen molar-refractivity contribution in [3.63, 3.8) is 0 Å². The molecule has 0 heterocycles. The van der Waals surface area contributed by atoms with Gasteiger partial charge < -0.3 is 4.74 Å². The highest BCUT2D eigenvalue weighted by Crippen LogP contribution is 2.60. The molecule has 0 rings (SSSR count). The Bertz CT molecular complexity index is 538. The van der Waals surface area contributed by atoms with E-state index in [4.69, 9.17) is 0 Å². The fourth-order valence-corrected chi connectivity index (χ4v) is 1.35. The fourth-order valence-electron chi connectivity index (χ4n) is 1.30. The first-order chi connectivity index (χ1) is 11.3. The van der Waals surface area contributed by atoms with E-state index in [9.17, 15) is 57.1 Å². The van der Waals surface area contributed by atoms with Crippen molar-refractivity contribution >= 4 is 17.4 Å². The van der Waals surface area contributed by atoms with E-state index in [0.717, 1.165) is 0 Å². The van der Waals surface area contributed by atoms with Gasteiger partial charge in [0.05, 0.1) is 11.8 Å². The lowest BCUT2D eigenvalue weighted by molar-refractivity contribution is -0.440. The van der Waals surface area contributed by atoms with Gasteiger partial charge in [0.1, 0.15) is 6.73 Å². The molecule has 0 aliphatic rings. The number of aliphatic imine (C=N–C) groups is 1. The van der Waals surface area contributed by atoms with Crippen LogP contribution in [0.3, 0.4) is 0 Å². The Labute approximate surface area is 141 Å². The third-order valence-corrected chi connectivity index (χ3v) is 2.91. The normalized spacial score (nSPS) is 15.0. The van der Waals surface area contributed by atoms with Crippen molar-refractivity contribution in [2.24, 2.45) is 4.99 Å². The van der Waals surface area contributed by atoms with Crippen molar-refractivity contribution < 1.29 is 61.8 Å². The summed E-state index contributed by atoms with van der Waals surface area (Å²) in [4.78, 5) is 2.92. The highest BCUT2D eigenvalue weighted by molar-refractivity contribution is 7.78. The average molecular weight is 435 g/mol. The second kappa shape index (κ2) is 7.46. The number of alkyl halides is 13. The number of nitrogens with zero attached hydrogens (tertiary/aromatic N) is 1. The quantitative estimate of drug-likeness (QED) is 0.215. The molecule has 16 heteroatoms. The first-order valence-electron chi connectivity index (χ1n) is 5.88. The Kier molecular flexibility index (Phi) is 7.13. The lowest BCUT2D eigenvalue weighted by Gasteiger charge is -2.39. The van der Waals surface area contributed by atoms with Crippen LogP contribution < -0.4 is 0 Å². The molecule has 0 aliphatic carbocycles. The van der Waals surface area contributed by atoms with E-state index in [1.54, 1.807) is 5.16 Å². The molecule has 0 fully saturated rings. The monoisotopic (exact) mass is 435 g/mol. The fraction of sp³-hybridized carbons (Fsp3) is 0.900. The van der Waals surface area contributed by atoms with Gasteiger partial charge in [-0.1, -0.05) is 0 Å². The van der Waals surface area contributed by atoms with Gasteiger partial charge in [0, 0.05) is 6.42 Å². The average Bonchev–Trinajstić information content (AvgIpc) is 2.44. The number of rotatable bonds is 9. The highest BCUT2D eigenvalue weighted by Gasteiger charge is 2.90. The molecule has 0 aromatic carbocycles. The molecule has 0 amide bonds. The van der Waals surface area contributed by atoms with Gasteiger partial charge in [0.15, 0.2) is 0 Å². The molecule has 0 aliphatic heterocycles. The SMILES string of the molecule is FC(F)(F)C(F)(F)C(F)(F)C(F)(F)C(F)(F)C(F)(F)CCOCN=C=S. The van der Waals surface area contributed by atoms with Crippen LogP contribution in [0.2, 0.25) is 0 Å². The summed E-state index contributed by atoms with van der Waals surface area (Å²) in [5.74, 6) is -36.9. The lowest BCUT2D eigenvalue weighted by atomic mass is 9.93. The van der Waals surface area contributed by atoms with Gasteiger partial charge in [-0.2, -0.15) is 57.1 Å². The van der Waals surface area contributed by atoms with Crippen LogP contribution in [-0.2, 0) is 4.74 Å². The van der Waals surface area contributed by atoms with Gasteiger partial charge in [0.25, 0.3) is 0 Å². The van der Waals surface area contributed by atoms with Gasteiger partial charge in [-0.05, 0) is 12.2 Å². The van der Waals surface area contributed by atoms with Gasteiger partial charge in [-0.25, -0.2) is 4.99 Å². The van der Waals surface area contributed by atoms with Crippen LogP contribution in [0.25, 0.3) is 0 Å². The van der Waals surface area contributed by atoms with Gasteiger partial charge >= 0.3 is 35.8 Å². The van der Waals surface area contributed by atoms with Crippen molar-refractivity contribution in [1.82, 2.24) is 0 Å². The van der Waals surface area contributed by atoms with Crippen LogP contribution in [0.15, 0.2) is 4.99 Å². The Balaban J connectivity index is 5.74. The summed E-state index contributed by atoms with van der Waals surface area (Å²) in [5.41, 5.74) is 0. The number of hydrogen-bond donors (Lipinski definition) is 0. The minimum Gasteiger partial charge on any atom is -0.358 e. The lowest BCUT2D eigenvalue weighted by Crippen LogP contribution is -2.70. The smallest absolute Gasteiger partial charge is 0.358 e. The van der Waals surface area contributed by atoms with E-state index in [1.807, 2.05) is 0 Å². The Hall–Kier alpha value is -1.15. The maximum absolute atomic E-state index is 13.2. The summed E-state index contributed by atoms with van der Waals surface area (Å²) in [6.45, 7) is -2.40. The van der Waals surface area contributed by atoms with Crippen LogP contribution >= 0.6 is 12.2 Å².